The van der Waals surface area contributed by atoms with Gasteiger partial charge < -0.3 is 5.73 Å². The molecule has 1 amide bonds. The number of benzene rings is 1. The highest BCUT2D eigenvalue weighted by molar-refractivity contribution is 7.16. The molecule has 5 heteroatoms. The molecule has 0 radical (unpaired) electrons. The number of nitrogens with zero attached hydrogens (tertiary/aromatic N) is 1. The molecule has 2 N–H and O–H groups in total. The molecule has 0 unspecified atom stereocenters. The number of aliphatic imine (C=N–C) groups is 1. The fraction of sp³-hybridized carbons (Fsp3) is 0.250. The monoisotopic (exact) mass is 302 g/mol. The second kappa shape index (κ2) is 5.77. The number of amides is 1. The number of nitrogens with two attached hydrogens (primary N) is 1. The smallest absolute Gasteiger partial charge is 0.252 e. The van der Waals surface area contributed by atoms with E-state index >= 15 is 0 Å². The Hall–Kier alpha value is -2.01. The van der Waals surface area contributed by atoms with Crippen LogP contribution in [0.5, 0.6) is 0 Å². The summed E-state index contributed by atoms with van der Waals surface area (Å²) in [7, 11) is 0. The van der Waals surface area contributed by atoms with Crippen LogP contribution in [-0.2, 0) is 12.8 Å². The Balaban J connectivity index is 1.96. The molecule has 3 rings (SSSR count). The van der Waals surface area contributed by atoms with Crippen LogP contribution in [0.2, 0.25) is 0 Å². The molecular formula is C16H15FN2OS. The number of rotatable bonds is 3. The fourth-order valence-electron chi connectivity index (χ4n) is 2.58. The molecule has 0 saturated carbocycles. The molecule has 108 valence electrons. The van der Waals surface area contributed by atoms with E-state index in [0.29, 0.717) is 10.6 Å². The van der Waals surface area contributed by atoms with Crippen molar-refractivity contribution in [1.29, 1.82) is 0 Å². The van der Waals surface area contributed by atoms with Crippen LogP contribution in [0, 0.1) is 5.82 Å². The Bertz CT molecular complexity index is 704. The normalized spacial score (nSPS) is 14.3. The Morgan fingerprint density at radius 1 is 1.24 bits per heavy atom. The van der Waals surface area contributed by atoms with Gasteiger partial charge in [0, 0.05) is 11.1 Å². The quantitative estimate of drug-likeness (QED) is 0.865. The average Bonchev–Trinajstić information content (AvgIpc) is 2.85. The minimum Gasteiger partial charge on any atom is -0.365 e. The number of hydrogen-bond donors (Lipinski definition) is 1. The minimum absolute atomic E-state index is 0.281. The van der Waals surface area contributed by atoms with Crippen LogP contribution in [-0.4, -0.2) is 12.1 Å². The Morgan fingerprint density at radius 2 is 1.95 bits per heavy atom. The van der Waals surface area contributed by atoms with E-state index in [1.165, 1.54) is 28.3 Å². The number of fused-ring (bicyclic) bond motifs is 1. The highest BCUT2D eigenvalue weighted by Crippen LogP contribution is 2.39. The zero-order valence-corrected chi connectivity index (χ0v) is 12.3. The van der Waals surface area contributed by atoms with Crippen molar-refractivity contribution in [3.05, 3.63) is 51.7 Å². The summed E-state index contributed by atoms with van der Waals surface area (Å²) < 4.78 is 12.9. The van der Waals surface area contributed by atoms with E-state index in [4.69, 9.17) is 5.73 Å². The van der Waals surface area contributed by atoms with E-state index in [-0.39, 0.29) is 5.82 Å². The number of thiophene rings is 1. The van der Waals surface area contributed by atoms with E-state index in [0.717, 1.165) is 36.8 Å². The Morgan fingerprint density at radius 3 is 2.67 bits per heavy atom. The first kappa shape index (κ1) is 13.9. The molecule has 3 nitrogen and oxygen atoms in total. The molecule has 1 heterocycles. The second-order valence-electron chi connectivity index (χ2n) is 5.07. The van der Waals surface area contributed by atoms with Crippen molar-refractivity contribution < 1.29 is 9.18 Å². The second-order valence-corrected chi connectivity index (χ2v) is 6.15. The molecule has 0 atom stereocenters. The molecule has 0 saturated heterocycles. The fourth-order valence-corrected chi connectivity index (χ4v) is 3.82. The minimum atomic E-state index is -0.416. The first-order chi connectivity index (χ1) is 10.1. The van der Waals surface area contributed by atoms with Crippen molar-refractivity contribution in [2.24, 2.45) is 10.7 Å². The van der Waals surface area contributed by atoms with Crippen LogP contribution in [0.4, 0.5) is 9.39 Å². The molecule has 0 bridgehead atoms. The lowest BCUT2D eigenvalue weighted by atomic mass is 9.95. The van der Waals surface area contributed by atoms with Gasteiger partial charge in [0.15, 0.2) is 0 Å². The summed E-state index contributed by atoms with van der Waals surface area (Å²) in [4.78, 5) is 17.3. The highest BCUT2D eigenvalue weighted by Gasteiger charge is 2.23. The molecule has 1 aliphatic rings. The van der Waals surface area contributed by atoms with Crippen molar-refractivity contribution in [1.82, 2.24) is 0 Å². The lowest BCUT2D eigenvalue weighted by molar-refractivity contribution is 0.100. The van der Waals surface area contributed by atoms with Gasteiger partial charge in [0.05, 0.1) is 5.56 Å². The van der Waals surface area contributed by atoms with Crippen LogP contribution in [0.25, 0.3) is 0 Å². The van der Waals surface area contributed by atoms with Crippen molar-refractivity contribution in [2.75, 3.05) is 0 Å². The van der Waals surface area contributed by atoms with Crippen molar-refractivity contribution in [2.45, 2.75) is 25.7 Å². The predicted octanol–water partition coefficient (Wildman–Crippen LogP) is 3.62. The Kier molecular flexibility index (Phi) is 3.84. The standard InChI is InChI=1S/C16H15FN2OS/c17-11-7-5-10(6-8-11)9-19-16-14(15(18)20)12-3-1-2-4-13(12)21-16/h5-9H,1-4H2,(H2,18,20). The largest absolute Gasteiger partial charge is 0.365 e. The molecule has 1 aromatic heterocycles. The average molecular weight is 302 g/mol. The van der Waals surface area contributed by atoms with Crippen LogP contribution in [0.3, 0.4) is 0 Å². The SMILES string of the molecule is NC(=O)c1c(N=Cc2ccc(F)cc2)sc2c1CCCC2. The maximum atomic E-state index is 12.9. The van der Waals surface area contributed by atoms with Gasteiger partial charge in [0.25, 0.3) is 5.91 Å². The summed E-state index contributed by atoms with van der Waals surface area (Å²) in [6, 6.07) is 6.07. The lowest BCUT2D eigenvalue weighted by Gasteiger charge is -2.10. The predicted molar refractivity (Wildman–Crippen MR) is 83.1 cm³/mol. The van der Waals surface area contributed by atoms with Crippen LogP contribution in [0.1, 0.15) is 39.2 Å². The third-order valence-electron chi connectivity index (χ3n) is 3.60. The number of carbonyl (C=O) groups is 1. The summed E-state index contributed by atoms with van der Waals surface area (Å²) in [5, 5.41) is 0.665. The number of halogens is 1. The van der Waals surface area contributed by atoms with Crippen LogP contribution in [0.15, 0.2) is 29.3 Å². The molecule has 0 fully saturated rings. The number of primary amides is 1. The topological polar surface area (TPSA) is 55.5 Å². The summed E-state index contributed by atoms with van der Waals surface area (Å²) in [6.07, 6.45) is 5.77. The zero-order valence-electron chi connectivity index (χ0n) is 11.4. The molecule has 0 aliphatic heterocycles. The van der Waals surface area contributed by atoms with Gasteiger partial charge in [-0.2, -0.15) is 0 Å². The van der Waals surface area contributed by atoms with E-state index < -0.39 is 5.91 Å². The van der Waals surface area contributed by atoms with E-state index in [1.54, 1.807) is 18.3 Å². The van der Waals surface area contributed by atoms with E-state index in [9.17, 15) is 9.18 Å². The summed E-state index contributed by atoms with van der Waals surface area (Å²) in [5.74, 6) is -0.697. The first-order valence-corrected chi connectivity index (χ1v) is 7.71. The molecule has 21 heavy (non-hydrogen) atoms. The maximum Gasteiger partial charge on any atom is 0.252 e. The first-order valence-electron chi connectivity index (χ1n) is 6.89. The summed E-state index contributed by atoms with van der Waals surface area (Å²) in [5.41, 5.74) is 7.94. The van der Waals surface area contributed by atoms with Gasteiger partial charge in [-0.05, 0) is 48.9 Å². The van der Waals surface area contributed by atoms with Gasteiger partial charge in [0.1, 0.15) is 10.8 Å². The molecule has 1 aliphatic carbocycles. The zero-order chi connectivity index (χ0) is 14.8. The van der Waals surface area contributed by atoms with Crippen LogP contribution < -0.4 is 5.73 Å². The van der Waals surface area contributed by atoms with Crippen molar-refractivity contribution in [3.8, 4) is 0 Å². The third kappa shape index (κ3) is 2.88. The van der Waals surface area contributed by atoms with Crippen molar-refractivity contribution in [3.63, 3.8) is 0 Å². The lowest BCUT2D eigenvalue weighted by Crippen LogP contribution is -2.14. The van der Waals surface area contributed by atoms with Gasteiger partial charge in [0.2, 0.25) is 0 Å². The summed E-state index contributed by atoms with van der Waals surface area (Å²) >= 11 is 1.54. The molecule has 0 spiro atoms. The van der Waals surface area contributed by atoms with Gasteiger partial charge in [-0.25, -0.2) is 9.38 Å². The number of hydrogen-bond acceptors (Lipinski definition) is 3. The maximum absolute atomic E-state index is 12.9. The van der Waals surface area contributed by atoms with Gasteiger partial charge in [-0.1, -0.05) is 12.1 Å². The number of aryl methyl sites for hydroxylation is 1. The molecule has 1 aromatic carbocycles. The summed E-state index contributed by atoms with van der Waals surface area (Å²) in [6.45, 7) is 0. The van der Waals surface area contributed by atoms with Gasteiger partial charge in [-0.3, -0.25) is 4.79 Å². The van der Waals surface area contributed by atoms with Gasteiger partial charge in [-0.15, -0.1) is 11.3 Å². The number of carbonyl (C=O) groups excluding carboxylic acids is 1. The molecule has 2 aromatic rings. The Labute approximate surface area is 126 Å². The van der Waals surface area contributed by atoms with Gasteiger partial charge >= 0.3 is 0 Å². The van der Waals surface area contributed by atoms with Crippen LogP contribution >= 0.6 is 11.3 Å². The van der Waals surface area contributed by atoms with Crippen molar-refractivity contribution >= 4 is 28.5 Å². The van der Waals surface area contributed by atoms with E-state index in [1.807, 2.05) is 0 Å². The highest BCUT2D eigenvalue weighted by atomic mass is 32.1. The molecular weight excluding hydrogens is 287 g/mol. The van der Waals surface area contributed by atoms with E-state index in [2.05, 4.69) is 4.99 Å². The third-order valence-corrected chi connectivity index (χ3v) is 4.80.